The van der Waals surface area contributed by atoms with Crippen LogP contribution in [0.15, 0.2) is 413 Å². The molecule has 106 heavy (non-hydrogen) atoms. The summed E-state index contributed by atoms with van der Waals surface area (Å²) in [5, 5.41) is 4.85. The van der Waals surface area contributed by atoms with E-state index in [0.29, 0.717) is 5.95 Å². The molecule has 19 aromatic rings. The van der Waals surface area contributed by atoms with Crippen LogP contribution in [-0.4, -0.2) is 19.1 Å². The van der Waals surface area contributed by atoms with Gasteiger partial charge in [0.25, 0.3) is 0 Å². The number of hydrogen-bond acceptors (Lipinski definition) is 4. The first-order chi connectivity index (χ1) is 52.5. The largest absolute Gasteiger partial charge is 0.310 e. The van der Waals surface area contributed by atoms with Crippen LogP contribution >= 0.6 is 0 Å². The Kier molecular flexibility index (Phi) is 16.2. The molecule has 498 valence electrons. The van der Waals surface area contributed by atoms with Crippen LogP contribution in [-0.2, 0) is 0 Å². The van der Waals surface area contributed by atoms with Crippen LogP contribution in [0.4, 0.5) is 34.4 Å². The fourth-order valence-corrected chi connectivity index (χ4v) is 15.4. The summed E-state index contributed by atoms with van der Waals surface area (Å²) >= 11 is 0. The molecule has 19 rings (SSSR count). The third-order valence-corrected chi connectivity index (χ3v) is 20.6. The highest BCUT2D eigenvalue weighted by Crippen LogP contribution is 2.44. The Balaban J connectivity index is 0.757. The molecule has 16 aromatic carbocycles. The summed E-state index contributed by atoms with van der Waals surface area (Å²) in [6, 6.07) is 148. The first-order valence-corrected chi connectivity index (χ1v) is 36.1. The van der Waals surface area contributed by atoms with Crippen LogP contribution in [0.5, 0.6) is 0 Å². The van der Waals surface area contributed by atoms with Gasteiger partial charge in [0.2, 0.25) is 5.95 Å². The lowest BCUT2D eigenvalue weighted by molar-refractivity contribution is 1.09. The van der Waals surface area contributed by atoms with Gasteiger partial charge in [0, 0.05) is 72.5 Å². The zero-order valence-corrected chi connectivity index (χ0v) is 57.9. The van der Waals surface area contributed by atoms with E-state index in [4.69, 9.17) is 9.97 Å². The zero-order chi connectivity index (χ0) is 70.3. The average Bonchev–Trinajstić information content (AvgIpc) is 1.58. The highest BCUT2D eigenvalue weighted by atomic mass is 15.3. The second kappa shape index (κ2) is 27.3. The highest BCUT2D eigenvalue weighted by Gasteiger charge is 2.23. The van der Waals surface area contributed by atoms with E-state index in [1.165, 1.54) is 38.1 Å². The van der Waals surface area contributed by atoms with Crippen LogP contribution in [0, 0.1) is 0 Å². The van der Waals surface area contributed by atoms with Gasteiger partial charge in [-0.1, -0.05) is 279 Å². The maximum Gasteiger partial charge on any atom is 0.235 e. The molecule has 0 spiro atoms. The first kappa shape index (κ1) is 62.8. The van der Waals surface area contributed by atoms with Crippen molar-refractivity contribution in [2.75, 3.05) is 9.80 Å². The molecule has 0 bridgehead atoms. The van der Waals surface area contributed by atoms with Crippen molar-refractivity contribution in [3.8, 4) is 101 Å². The van der Waals surface area contributed by atoms with Gasteiger partial charge in [0.05, 0.1) is 33.5 Å². The lowest BCUT2D eigenvalue weighted by Gasteiger charge is -2.27. The number of fused-ring (bicyclic) bond motifs is 6. The van der Waals surface area contributed by atoms with Crippen LogP contribution in [0.25, 0.3) is 144 Å². The van der Waals surface area contributed by atoms with Crippen molar-refractivity contribution in [1.29, 1.82) is 0 Å². The molecule has 0 aliphatic rings. The van der Waals surface area contributed by atoms with E-state index in [1.54, 1.807) is 0 Å². The zero-order valence-electron chi connectivity index (χ0n) is 57.9. The van der Waals surface area contributed by atoms with Crippen LogP contribution in [0.2, 0.25) is 0 Å². The second-order valence-corrected chi connectivity index (χ2v) is 26.9. The maximum atomic E-state index is 5.76. The molecule has 0 radical (unpaired) electrons. The lowest BCUT2D eigenvalue weighted by Crippen LogP contribution is -2.14. The van der Waals surface area contributed by atoms with Crippen molar-refractivity contribution in [2.24, 2.45) is 0 Å². The SMILES string of the molecule is c1ccc(-c2ccc(N(c3ccc(-c4ccc5c(c4)c4ccccc4n5-c4ccccc4)cc3)c3cccc(-c4cc(-c5cccc(-c6ccccc6-c6ccccc6)c5)nc(N(c5ccc(-c6ccccc6)cc5)c5ccc(-c6ccc7c(c6)c6ccccc6n7-c6ccccc6)cc5)n4)c3)cc2)cc1. The Bertz CT molecular complexity index is 6390. The smallest absolute Gasteiger partial charge is 0.235 e. The molecule has 6 heteroatoms. The van der Waals surface area contributed by atoms with Gasteiger partial charge < -0.3 is 14.0 Å². The normalized spacial score (nSPS) is 11.4. The number of rotatable bonds is 16. The minimum Gasteiger partial charge on any atom is -0.310 e. The van der Waals surface area contributed by atoms with Crippen molar-refractivity contribution in [2.45, 2.75) is 0 Å². The van der Waals surface area contributed by atoms with E-state index in [9.17, 15) is 0 Å². The monoisotopic (exact) mass is 1350 g/mol. The molecule has 0 unspecified atom stereocenters. The molecule has 0 fully saturated rings. The van der Waals surface area contributed by atoms with Crippen molar-refractivity contribution >= 4 is 78.0 Å². The molecule has 0 atom stereocenters. The summed E-state index contributed by atoms with van der Waals surface area (Å²) in [6.07, 6.45) is 0. The first-order valence-electron chi connectivity index (χ1n) is 36.1. The van der Waals surface area contributed by atoms with E-state index >= 15 is 0 Å². The second-order valence-electron chi connectivity index (χ2n) is 26.9. The quantitative estimate of drug-likeness (QED) is 0.0967. The van der Waals surface area contributed by atoms with Crippen LogP contribution in [0.1, 0.15) is 0 Å². The van der Waals surface area contributed by atoms with Crippen LogP contribution in [0.3, 0.4) is 0 Å². The molecule has 0 amide bonds. The fourth-order valence-electron chi connectivity index (χ4n) is 15.4. The Morgan fingerprint density at radius 1 is 0.179 bits per heavy atom. The van der Waals surface area contributed by atoms with Gasteiger partial charge in [0.1, 0.15) is 0 Å². The predicted molar refractivity (Wildman–Crippen MR) is 444 cm³/mol. The number of hydrogen-bond donors (Lipinski definition) is 0. The number of para-hydroxylation sites is 4. The molecule has 0 N–H and O–H groups in total. The third-order valence-electron chi connectivity index (χ3n) is 20.6. The Labute approximate surface area is 616 Å². The predicted octanol–water partition coefficient (Wildman–Crippen LogP) is 26.9. The lowest BCUT2D eigenvalue weighted by atomic mass is 9.93. The highest BCUT2D eigenvalue weighted by molar-refractivity contribution is 6.12. The molecule has 3 aromatic heterocycles. The number of nitrogens with zero attached hydrogens (tertiary/aromatic N) is 6. The summed E-state index contributed by atoms with van der Waals surface area (Å²) in [4.78, 5) is 16.0. The van der Waals surface area contributed by atoms with E-state index < -0.39 is 0 Å². The Hall–Kier alpha value is -14.2. The van der Waals surface area contributed by atoms with Gasteiger partial charge in [-0.2, -0.15) is 0 Å². The van der Waals surface area contributed by atoms with Crippen molar-refractivity contribution in [3.63, 3.8) is 0 Å². The van der Waals surface area contributed by atoms with E-state index in [-0.39, 0.29) is 0 Å². The number of benzene rings is 16. The topological polar surface area (TPSA) is 42.1 Å². The number of anilines is 6. The van der Waals surface area contributed by atoms with Crippen molar-refractivity contribution < 1.29 is 0 Å². The van der Waals surface area contributed by atoms with Gasteiger partial charge in [0.15, 0.2) is 0 Å². The summed E-state index contributed by atoms with van der Waals surface area (Å²) in [5.74, 6) is 0.523. The summed E-state index contributed by atoms with van der Waals surface area (Å²) in [6.45, 7) is 0. The number of aromatic nitrogens is 4. The van der Waals surface area contributed by atoms with E-state index in [0.717, 1.165) is 135 Å². The Morgan fingerprint density at radius 2 is 0.500 bits per heavy atom. The molecule has 0 saturated heterocycles. The minimum atomic E-state index is 0.523. The molecule has 0 aliphatic heterocycles. The average molecular weight is 1350 g/mol. The molecule has 0 saturated carbocycles. The van der Waals surface area contributed by atoms with Gasteiger partial charge in [-0.25, -0.2) is 9.97 Å². The Morgan fingerprint density at radius 3 is 0.962 bits per heavy atom. The van der Waals surface area contributed by atoms with Crippen molar-refractivity contribution in [3.05, 3.63) is 413 Å². The summed E-state index contributed by atoms with van der Waals surface area (Å²) in [7, 11) is 0. The molecule has 6 nitrogen and oxygen atoms in total. The standard InChI is InChI=1S/C100H68N6/c1-6-24-69(25-7-1)71-44-54-83(55-45-71)103(84-56-48-73(49-57-84)76-52-62-98-92(66-76)90-40-18-20-42-96(90)105(98)81-33-12-4-13-34-81)87-37-23-32-80(65-87)95-68-94(79-31-22-30-78(64-79)89-39-17-16-38-88(89)75-28-10-3-11-29-75)101-100(102-95)104(85-58-46-72(47-59-85)70-26-8-2-9-27-70)86-60-50-74(51-61-86)77-53-63-99-93(67-77)91-41-19-21-43-97(91)106(99)82-35-14-5-15-36-82/h1-68H. The van der Waals surface area contributed by atoms with Gasteiger partial charge in [-0.05, 0) is 200 Å². The minimum absolute atomic E-state index is 0.523. The molecular weight excluding hydrogens is 1290 g/mol. The van der Waals surface area contributed by atoms with E-state index in [1.807, 2.05) is 0 Å². The summed E-state index contributed by atoms with van der Waals surface area (Å²) in [5.41, 5.74) is 28.8. The summed E-state index contributed by atoms with van der Waals surface area (Å²) < 4.78 is 4.74. The molecule has 0 aliphatic carbocycles. The fraction of sp³-hybridized carbons (Fsp3) is 0. The third kappa shape index (κ3) is 11.8. The molecular formula is C100H68N6. The van der Waals surface area contributed by atoms with Crippen molar-refractivity contribution in [1.82, 2.24) is 19.1 Å². The van der Waals surface area contributed by atoms with Crippen LogP contribution < -0.4 is 9.80 Å². The van der Waals surface area contributed by atoms with Gasteiger partial charge in [-0.15, -0.1) is 0 Å². The van der Waals surface area contributed by atoms with Gasteiger partial charge >= 0.3 is 0 Å². The van der Waals surface area contributed by atoms with E-state index in [2.05, 4.69) is 431 Å². The van der Waals surface area contributed by atoms with Gasteiger partial charge in [-0.3, -0.25) is 4.90 Å². The molecule has 3 heterocycles. The maximum absolute atomic E-state index is 5.76.